The second-order valence-electron chi connectivity index (χ2n) is 10.2. The number of ether oxygens (including phenoxy) is 1. The zero-order valence-electron chi connectivity index (χ0n) is 21.5. The summed E-state index contributed by atoms with van der Waals surface area (Å²) in [5.41, 5.74) is 0.384. The van der Waals surface area contributed by atoms with E-state index in [1.54, 1.807) is 11.0 Å². The number of aromatic nitrogens is 3. The Bertz CT molecular complexity index is 872. The van der Waals surface area contributed by atoms with E-state index in [0.717, 1.165) is 37.9 Å². The van der Waals surface area contributed by atoms with E-state index < -0.39 is 5.41 Å². The molecule has 0 radical (unpaired) electrons. The molecule has 3 unspecified atom stereocenters. The van der Waals surface area contributed by atoms with Crippen molar-refractivity contribution in [3.8, 4) is 6.07 Å². The van der Waals surface area contributed by atoms with Crippen molar-refractivity contribution in [1.82, 2.24) is 19.7 Å². The van der Waals surface area contributed by atoms with Crippen LogP contribution in [0.1, 0.15) is 83.6 Å². The molecule has 3 rings (SSSR count). The molecule has 0 amide bonds. The largest absolute Gasteiger partial charge is 0.373 e. The fraction of sp³-hybridized carbons (Fsp3) is 0.679. The summed E-state index contributed by atoms with van der Waals surface area (Å²) in [6.45, 7) is 8.23. The third-order valence-corrected chi connectivity index (χ3v) is 7.33. The Kier molecular flexibility index (Phi) is 11.5. The lowest BCUT2D eigenvalue weighted by Crippen LogP contribution is -2.45. The fourth-order valence-corrected chi connectivity index (χ4v) is 5.42. The van der Waals surface area contributed by atoms with Gasteiger partial charge in [-0.1, -0.05) is 75.1 Å². The van der Waals surface area contributed by atoms with Crippen LogP contribution in [0, 0.1) is 11.3 Å². The molecule has 192 valence electrons. The molecule has 0 saturated carbocycles. The molecule has 1 saturated heterocycles. The lowest BCUT2D eigenvalue weighted by Gasteiger charge is -2.35. The zero-order chi connectivity index (χ0) is 24.9. The lowest BCUT2D eigenvalue weighted by molar-refractivity contribution is -0.0681. The number of rotatable bonds is 15. The lowest BCUT2D eigenvalue weighted by atomic mass is 9.77. The van der Waals surface area contributed by atoms with Crippen molar-refractivity contribution in [2.75, 3.05) is 19.6 Å². The number of hydrogen-bond acceptors (Lipinski definition) is 5. The predicted octanol–water partition coefficient (Wildman–Crippen LogP) is 6.40. The minimum Gasteiger partial charge on any atom is -0.373 e. The molecular weight excluding hydrogens is 458 g/mol. The number of morpholine rings is 1. The second kappa shape index (κ2) is 14.6. The first-order valence-electron chi connectivity index (χ1n) is 13.4. The molecule has 6 nitrogen and oxygen atoms in total. The topological polar surface area (TPSA) is 67.0 Å². The van der Waals surface area contributed by atoms with E-state index in [1.807, 2.05) is 24.3 Å². The highest BCUT2D eigenvalue weighted by Crippen LogP contribution is 2.32. The predicted molar refractivity (Wildman–Crippen MR) is 141 cm³/mol. The van der Waals surface area contributed by atoms with Crippen molar-refractivity contribution >= 4 is 11.6 Å². The van der Waals surface area contributed by atoms with Gasteiger partial charge >= 0.3 is 0 Å². The average molecular weight is 500 g/mol. The van der Waals surface area contributed by atoms with Gasteiger partial charge in [0, 0.05) is 18.1 Å². The van der Waals surface area contributed by atoms with Crippen molar-refractivity contribution in [3.63, 3.8) is 0 Å². The van der Waals surface area contributed by atoms with Crippen molar-refractivity contribution < 1.29 is 4.74 Å². The molecular formula is C28H42ClN5O. The quantitative estimate of drug-likeness (QED) is 0.265. The second-order valence-corrected chi connectivity index (χ2v) is 10.7. The van der Waals surface area contributed by atoms with Crippen LogP contribution in [0.3, 0.4) is 0 Å². The summed E-state index contributed by atoms with van der Waals surface area (Å²) in [6, 6.07) is 10.3. The molecule has 0 bridgehead atoms. The van der Waals surface area contributed by atoms with Gasteiger partial charge in [-0.25, -0.2) is 4.98 Å². The SMILES string of the molecule is CC1CN(CCCCCCCCCCCC(C#N)(Cn2cncn2)c2ccc(Cl)cc2)CC(C)O1. The molecule has 0 spiro atoms. The summed E-state index contributed by atoms with van der Waals surface area (Å²) < 4.78 is 7.58. The minimum absolute atomic E-state index is 0.367. The molecule has 0 N–H and O–H groups in total. The Balaban J connectivity index is 1.30. The van der Waals surface area contributed by atoms with Gasteiger partial charge < -0.3 is 4.74 Å². The normalized spacial score (nSPS) is 20.4. The third kappa shape index (κ3) is 9.22. The zero-order valence-corrected chi connectivity index (χ0v) is 22.3. The number of nitrogens with zero attached hydrogens (tertiary/aromatic N) is 5. The monoisotopic (exact) mass is 499 g/mol. The smallest absolute Gasteiger partial charge is 0.137 e. The van der Waals surface area contributed by atoms with Crippen LogP contribution >= 0.6 is 11.6 Å². The van der Waals surface area contributed by atoms with E-state index >= 15 is 0 Å². The van der Waals surface area contributed by atoms with Crippen LogP contribution in [-0.2, 0) is 16.7 Å². The first-order valence-corrected chi connectivity index (χ1v) is 13.8. The van der Waals surface area contributed by atoms with E-state index in [9.17, 15) is 5.26 Å². The highest BCUT2D eigenvalue weighted by Gasteiger charge is 2.33. The maximum absolute atomic E-state index is 10.2. The van der Waals surface area contributed by atoms with Gasteiger partial charge in [0.2, 0.25) is 0 Å². The molecule has 3 atom stereocenters. The standard InChI is InChI=1S/C28H42ClN5O/c1-24-18-33(19-25(2)35-24)17-11-9-7-5-3-4-6-8-10-16-28(20-30,21-34-23-31-22-32-34)26-12-14-27(29)15-13-26/h12-15,22-25H,3-11,16-19,21H2,1-2H3. The van der Waals surface area contributed by atoms with Crippen LogP contribution in [0.5, 0.6) is 0 Å². The molecule has 35 heavy (non-hydrogen) atoms. The summed E-state index contributed by atoms with van der Waals surface area (Å²) in [6.07, 6.45) is 16.0. The Labute approximate surface area is 216 Å². The summed E-state index contributed by atoms with van der Waals surface area (Å²) in [5, 5.41) is 15.1. The summed E-state index contributed by atoms with van der Waals surface area (Å²) in [7, 11) is 0. The molecule has 1 aromatic heterocycles. The van der Waals surface area contributed by atoms with Crippen LogP contribution in [0.15, 0.2) is 36.9 Å². The van der Waals surface area contributed by atoms with Crippen molar-refractivity contribution in [2.24, 2.45) is 0 Å². The van der Waals surface area contributed by atoms with Crippen LogP contribution in [-0.4, -0.2) is 51.5 Å². The number of benzene rings is 1. The number of halogens is 1. The fourth-order valence-electron chi connectivity index (χ4n) is 5.30. The van der Waals surface area contributed by atoms with E-state index in [1.165, 1.54) is 57.8 Å². The van der Waals surface area contributed by atoms with Crippen LogP contribution in [0.25, 0.3) is 0 Å². The van der Waals surface area contributed by atoms with Gasteiger partial charge in [-0.15, -0.1) is 0 Å². The third-order valence-electron chi connectivity index (χ3n) is 7.08. The van der Waals surface area contributed by atoms with Gasteiger partial charge in [-0.2, -0.15) is 10.4 Å². The van der Waals surface area contributed by atoms with E-state index in [4.69, 9.17) is 16.3 Å². The Morgan fingerprint density at radius 1 is 0.971 bits per heavy atom. The summed E-state index contributed by atoms with van der Waals surface area (Å²) in [4.78, 5) is 6.61. The molecule has 1 aliphatic heterocycles. The van der Waals surface area contributed by atoms with Gasteiger partial charge in [0.25, 0.3) is 0 Å². The maximum Gasteiger partial charge on any atom is 0.137 e. The van der Waals surface area contributed by atoms with Gasteiger partial charge in [-0.05, 0) is 50.9 Å². The highest BCUT2D eigenvalue weighted by atomic mass is 35.5. The van der Waals surface area contributed by atoms with E-state index in [0.29, 0.717) is 23.8 Å². The van der Waals surface area contributed by atoms with Gasteiger partial charge in [-0.3, -0.25) is 9.58 Å². The Hall–Kier alpha value is -1.94. The van der Waals surface area contributed by atoms with E-state index in [2.05, 4.69) is 34.9 Å². The average Bonchev–Trinajstić information content (AvgIpc) is 3.34. The Morgan fingerprint density at radius 2 is 1.57 bits per heavy atom. The first kappa shape index (κ1) is 27.6. The minimum atomic E-state index is -0.617. The number of unbranched alkanes of at least 4 members (excludes halogenated alkanes) is 8. The van der Waals surface area contributed by atoms with Gasteiger partial charge in [0.05, 0.1) is 24.8 Å². The van der Waals surface area contributed by atoms with Gasteiger partial charge in [0.1, 0.15) is 18.1 Å². The summed E-state index contributed by atoms with van der Waals surface area (Å²) >= 11 is 6.09. The molecule has 1 aromatic carbocycles. The number of nitriles is 1. The molecule has 0 aliphatic carbocycles. The van der Waals surface area contributed by atoms with Crippen molar-refractivity contribution in [1.29, 1.82) is 5.26 Å². The number of hydrogen-bond donors (Lipinski definition) is 0. The molecule has 2 aromatic rings. The maximum atomic E-state index is 10.2. The van der Waals surface area contributed by atoms with Crippen LogP contribution in [0.2, 0.25) is 5.02 Å². The highest BCUT2D eigenvalue weighted by molar-refractivity contribution is 6.30. The van der Waals surface area contributed by atoms with Crippen molar-refractivity contribution in [3.05, 3.63) is 47.5 Å². The molecule has 2 heterocycles. The molecule has 1 fully saturated rings. The molecule has 1 aliphatic rings. The first-order chi connectivity index (χ1) is 17.0. The van der Waals surface area contributed by atoms with Crippen LogP contribution in [0.4, 0.5) is 0 Å². The summed E-state index contributed by atoms with van der Waals surface area (Å²) in [5.74, 6) is 0. The van der Waals surface area contributed by atoms with E-state index in [-0.39, 0.29) is 0 Å². The van der Waals surface area contributed by atoms with Gasteiger partial charge in [0.15, 0.2) is 0 Å². The van der Waals surface area contributed by atoms with Crippen LogP contribution < -0.4 is 0 Å². The molecule has 7 heteroatoms. The Morgan fingerprint density at radius 3 is 2.14 bits per heavy atom. The van der Waals surface area contributed by atoms with Crippen molar-refractivity contribution in [2.45, 2.75) is 102 Å².